The van der Waals surface area contributed by atoms with Crippen LogP contribution in [0, 0.1) is 0 Å². The summed E-state index contributed by atoms with van der Waals surface area (Å²) in [5, 5.41) is 8.99. The van der Waals surface area contributed by atoms with Gasteiger partial charge in [0.1, 0.15) is 5.70 Å². The first-order valence-corrected chi connectivity index (χ1v) is 9.59. The summed E-state index contributed by atoms with van der Waals surface area (Å²) < 4.78 is 0. The van der Waals surface area contributed by atoms with Gasteiger partial charge < -0.3 is 5.32 Å². The smallest absolute Gasteiger partial charge is 0.287 e. The van der Waals surface area contributed by atoms with Crippen LogP contribution < -0.4 is 10.7 Å². The van der Waals surface area contributed by atoms with E-state index in [0.717, 1.165) is 4.88 Å². The highest BCUT2D eigenvalue weighted by atomic mass is 35.5. The van der Waals surface area contributed by atoms with Gasteiger partial charge in [-0.3, -0.25) is 9.59 Å². The number of thiophene rings is 1. The van der Waals surface area contributed by atoms with E-state index in [1.165, 1.54) is 17.6 Å². The molecule has 0 atom stereocenters. The molecule has 0 aliphatic rings. The van der Waals surface area contributed by atoms with Crippen LogP contribution in [0.2, 0.25) is 5.02 Å². The van der Waals surface area contributed by atoms with E-state index >= 15 is 0 Å². The molecular weight excluding hydrogens is 394 g/mol. The lowest BCUT2D eigenvalue weighted by Gasteiger charge is -2.08. The van der Waals surface area contributed by atoms with Gasteiger partial charge in [-0.05, 0) is 35.7 Å². The molecule has 0 radical (unpaired) electrons. The van der Waals surface area contributed by atoms with E-state index in [9.17, 15) is 9.59 Å². The van der Waals surface area contributed by atoms with Gasteiger partial charge in [0.05, 0.1) is 6.21 Å². The van der Waals surface area contributed by atoms with Crippen LogP contribution >= 0.6 is 22.9 Å². The Kier molecular flexibility index (Phi) is 6.73. The molecule has 0 fully saturated rings. The molecule has 7 heteroatoms. The Bertz CT molecular complexity index is 1020. The third-order valence-electron chi connectivity index (χ3n) is 3.63. The summed E-state index contributed by atoms with van der Waals surface area (Å²) in [6.45, 7) is 0. The zero-order valence-electron chi connectivity index (χ0n) is 14.6. The van der Waals surface area contributed by atoms with E-state index in [1.807, 2.05) is 29.6 Å². The van der Waals surface area contributed by atoms with Gasteiger partial charge in [0, 0.05) is 21.0 Å². The van der Waals surface area contributed by atoms with Crippen molar-refractivity contribution in [3.05, 3.63) is 98.8 Å². The molecule has 0 saturated heterocycles. The Hall–Kier alpha value is -3.22. The molecule has 2 amide bonds. The fourth-order valence-corrected chi connectivity index (χ4v) is 3.10. The molecular formula is C21H16ClN3O2S. The first-order valence-electron chi connectivity index (χ1n) is 8.33. The maximum atomic E-state index is 12.6. The average Bonchev–Trinajstić information content (AvgIpc) is 3.22. The van der Waals surface area contributed by atoms with Crippen molar-refractivity contribution in [2.75, 3.05) is 0 Å². The van der Waals surface area contributed by atoms with Crippen molar-refractivity contribution in [1.29, 1.82) is 0 Å². The normalized spacial score (nSPS) is 11.4. The number of hydrogen-bond acceptors (Lipinski definition) is 4. The summed E-state index contributed by atoms with van der Waals surface area (Å²) in [4.78, 5) is 25.8. The monoisotopic (exact) mass is 409 g/mol. The van der Waals surface area contributed by atoms with Gasteiger partial charge in [-0.1, -0.05) is 54.1 Å². The van der Waals surface area contributed by atoms with Gasteiger partial charge in [0.2, 0.25) is 0 Å². The molecule has 0 bridgehead atoms. The third-order valence-corrected chi connectivity index (χ3v) is 4.80. The van der Waals surface area contributed by atoms with E-state index in [1.54, 1.807) is 48.5 Å². The van der Waals surface area contributed by atoms with Crippen LogP contribution in [-0.2, 0) is 4.79 Å². The SMILES string of the molecule is O=C(NN=Cc1ccccc1Cl)/C(=C/c1cccs1)NC(=O)c1ccccc1. The maximum absolute atomic E-state index is 12.6. The van der Waals surface area contributed by atoms with Crippen molar-refractivity contribution >= 4 is 47.0 Å². The van der Waals surface area contributed by atoms with Crippen LogP contribution in [0.25, 0.3) is 6.08 Å². The number of nitrogens with one attached hydrogen (secondary N) is 2. The predicted molar refractivity (Wildman–Crippen MR) is 113 cm³/mol. The van der Waals surface area contributed by atoms with E-state index in [4.69, 9.17) is 11.6 Å². The number of carbonyl (C=O) groups excluding carboxylic acids is 2. The zero-order valence-corrected chi connectivity index (χ0v) is 16.2. The van der Waals surface area contributed by atoms with Crippen molar-refractivity contribution < 1.29 is 9.59 Å². The summed E-state index contributed by atoms with van der Waals surface area (Å²) >= 11 is 7.51. The maximum Gasteiger partial charge on any atom is 0.287 e. The Labute approximate surface area is 171 Å². The molecule has 1 heterocycles. The molecule has 3 rings (SSSR count). The Balaban J connectivity index is 1.76. The molecule has 140 valence electrons. The average molecular weight is 410 g/mol. The summed E-state index contributed by atoms with van der Waals surface area (Å²) in [6, 6.07) is 19.5. The number of carbonyl (C=O) groups is 2. The predicted octanol–water partition coefficient (Wildman–Crippen LogP) is 4.32. The van der Waals surface area contributed by atoms with Crippen LogP contribution in [0.5, 0.6) is 0 Å². The van der Waals surface area contributed by atoms with Crippen LogP contribution in [0.1, 0.15) is 20.8 Å². The second kappa shape index (κ2) is 9.64. The second-order valence-electron chi connectivity index (χ2n) is 5.61. The topological polar surface area (TPSA) is 70.6 Å². The first-order chi connectivity index (χ1) is 13.6. The van der Waals surface area contributed by atoms with Crippen LogP contribution in [0.4, 0.5) is 0 Å². The molecule has 5 nitrogen and oxygen atoms in total. The fourth-order valence-electron chi connectivity index (χ4n) is 2.26. The quantitative estimate of drug-likeness (QED) is 0.361. The van der Waals surface area contributed by atoms with E-state index < -0.39 is 5.91 Å². The highest BCUT2D eigenvalue weighted by Crippen LogP contribution is 2.14. The number of rotatable bonds is 6. The largest absolute Gasteiger partial charge is 0.317 e. The van der Waals surface area contributed by atoms with Crippen LogP contribution in [-0.4, -0.2) is 18.0 Å². The number of benzene rings is 2. The lowest BCUT2D eigenvalue weighted by molar-refractivity contribution is -0.117. The molecule has 0 unspecified atom stereocenters. The lowest BCUT2D eigenvalue weighted by Crippen LogP contribution is -2.32. The number of hydrazone groups is 1. The lowest BCUT2D eigenvalue weighted by atomic mass is 10.2. The second-order valence-corrected chi connectivity index (χ2v) is 7.00. The van der Waals surface area contributed by atoms with Crippen LogP contribution in [0.3, 0.4) is 0 Å². The van der Waals surface area contributed by atoms with Crippen molar-refractivity contribution in [3.63, 3.8) is 0 Å². The summed E-state index contributed by atoms with van der Waals surface area (Å²) in [6.07, 6.45) is 3.05. The van der Waals surface area contributed by atoms with Gasteiger partial charge in [0.15, 0.2) is 0 Å². The molecule has 2 aromatic carbocycles. The third kappa shape index (κ3) is 5.39. The minimum atomic E-state index is -0.541. The van der Waals surface area contributed by atoms with Crippen molar-refractivity contribution in [1.82, 2.24) is 10.7 Å². The molecule has 1 aromatic heterocycles. The van der Waals surface area contributed by atoms with Gasteiger partial charge in [-0.2, -0.15) is 5.10 Å². The summed E-state index contributed by atoms with van der Waals surface area (Å²) in [7, 11) is 0. The minimum Gasteiger partial charge on any atom is -0.317 e. The zero-order chi connectivity index (χ0) is 19.8. The highest BCUT2D eigenvalue weighted by molar-refractivity contribution is 7.10. The number of nitrogens with zero attached hydrogens (tertiary/aromatic N) is 1. The molecule has 0 aliphatic carbocycles. The minimum absolute atomic E-state index is 0.0904. The van der Waals surface area contributed by atoms with E-state index in [-0.39, 0.29) is 11.6 Å². The Morgan fingerprint density at radius 2 is 1.71 bits per heavy atom. The van der Waals surface area contributed by atoms with Crippen molar-refractivity contribution in [2.45, 2.75) is 0 Å². The van der Waals surface area contributed by atoms with Crippen molar-refractivity contribution in [2.24, 2.45) is 5.10 Å². The standard InChI is InChI=1S/C21H16ClN3O2S/c22-18-11-5-4-9-16(18)14-23-25-21(27)19(13-17-10-6-12-28-17)24-20(26)15-7-2-1-3-8-15/h1-14H,(H,24,26)(H,25,27)/b19-13-,23-14?. The molecule has 0 spiro atoms. The molecule has 0 saturated carbocycles. The number of halogens is 1. The molecule has 28 heavy (non-hydrogen) atoms. The van der Waals surface area contributed by atoms with E-state index in [0.29, 0.717) is 16.1 Å². The number of hydrogen-bond donors (Lipinski definition) is 2. The van der Waals surface area contributed by atoms with Crippen molar-refractivity contribution in [3.8, 4) is 0 Å². The number of amides is 2. The molecule has 3 aromatic rings. The molecule has 0 aliphatic heterocycles. The highest BCUT2D eigenvalue weighted by Gasteiger charge is 2.14. The Morgan fingerprint density at radius 1 is 0.964 bits per heavy atom. The van der Waals surface area contributed by atoms with E-state index in [2.05, 4.69) is 15.8 Å². The van der Waals surface area contributed by atoms with Crippen LogP contribution in [0.15, 0.2) is 82.9 Å². The van der Waals surface area contributed by atoms with Gasteiger partial charge >= 0.3 is 0 Å². The molecule has 2 N–H and O–H groups in total. The van der Waals surface area contributed by atoms with Gasteiger partial charge in [0.25, 0.3) is 11.8 Å². The first kappa shape index (κ1) is 19.5. The van der Waals surface area contributed by atoms with Gasteiger partial charge in [-0.25, -0.2) is 5.43 Å². The fraction of sp³-hybridized carbons (Fsp3) is 0. The summed E-state index contributed by atoms with van der Waals surface area (Å²) in [5.41, 5.74) is 3.63. The summed E-state index contributed by atoms with van der Waals surface area (Å²) in [5.74, 6) is -0.922. The Morgan fingerprint density at radius 3 is 2.43 bits per heavy atom. The van der Waals surface area contributed by atoms with Gasteiger partial charge in [-0.15, -0.1) is 11.3 Å².